The van der Waals surface area contributed by atoms with Gasteiger partial charge >= 0.3 is 5.97 Å². The SMILES string of the molecule is CCOC(=O)c1c(NC(=O)[C@H](CC)c2ccccc2)sc2c1CC[C@@H](c1ccccc1)C2. The van der Waals surface area contributed by atoms with E-state index in [0.29, 0.717) is 29.5 Å². The van der Waals surface area contributed by atoms with Crippen LogP contribution in [0, 0.1) is 0 Å². The molecule has 0 spiro atoms. The quantitative estimate of drug-likeness (QED) is 0.431. The first-order chi connectivity index (χ1) is 15.6. The van der Waals surface area contributed by atoms with Gasteiger partial charge in [-0.15, -0.1) is 11.3 Å². The Morgan fingerprint density at radius 1 is 1.06 bits per heavy atom. The number of esters is 1. The summed E-state index contributed by atoms with van der Waals surface area (Å²) in [5.74, 6) is -0.259. The number of fused-ring (bicyclic) bond motifs is 1. The van der Waals surface area contributed by atoms with Gasteiger partial charge in [0.25, 0.3) is 0 Å². The summed E-state index contributed by atoms with van der Waals surface area (Å²) in [5, 5.41) is 3.72. The highest BCUT2D eigenvalue weighted by molar-refractivity contribution is 7.17. The largest absolute Gasteiger partial charge is 0.462 e. The highest BCUT2D eigenvalue weighted by Gasteiger charge is 2.31. The predicted molar refractivity (Wildman–Crippen MR) is 130 cm³/mol. The second-order valence-corrected chi connectivity index (χ2v) is 9.24. The van der Waals surface area contributed by atoms with Crippen LogP contribution in [-0.2, 0) is 22.4 Å². The first kappa shape index (κ1) is 22.3. The number of amides is 1. The molecule has 0 saturated carbocycles. The standard InChI is InChI=1S/C27H29NO3S/c1-3-21(19-13-9-6-10-14-19)25(29)28-26-24(27(30)31-4-2)22-16-15-20(17-23(22)32-26)18-11-7-5-8-12-18/h5-14,20-21H,3-4,15-17H2,1-2H3,(H,28,29)/t20-,21-/m1/s1. The van der Waals surface area contributed by atoms with Gasteiger partial charge in [0, 0.05) is 4.88 Å². The Balaban J connectivity index is 1.64. The fraction of sp³-hybridized carbons (Fsp3) is 0.333. The van der Waals surface area contributed by atoms with E-state index in [9.17, 15) is 9.59 Å². The lowest BCUT2D eigenvalue weighted by Crippen LogP contribution is -2.22. The smallest absolute Gasteiger partial charge is 0.341 e. The summed E-state index contributed by atoms with van der Waals surface area (Å²) in [7, 11) is 0. The number of benzene rings is 2. The molecule has 0 fully saturated rings. The summed E-state index contributed by atoms with van der Waals surface area (Å²) in [5.41, 5.74) is 3.90. The number of ether oxygens (including phenoxy) is 1. The molecule has 0 unspecified atom stereocenters. The van der Waals surface area contributed by atoms with Crippen molar-refractivity contribution in [2.45, 2.75) is 51.4 Å². The molecule has 0 bridgehead atoms. The zero-order chi connectivity index (χ0) is 22.5. The Morgan fingerprint density at radius 3 is 2.41 bits per heavy atom. The van der Waals surface area contributed by atoms with E-state index in [1.807, 2.05) is 50.2 Å². The van der Waals surface area contributed by atoms with Gasteiger partial charge in [-0.2, -0.15) is 0 Å². The molecule has 32 heavy (non-hydrogen) atoms. The van der Waals surface area contributed by atoms with Gasteiger partial charge in [0.05, 0.1) is 18.1 Å². The van der Waals surface area contributed by atoms with Crippen LogP contribution < -0.4 is 5.32 Å². The van der Waals surface area contributed by atoms with E-state index >= 15 is 0 Å². The van der Waals surface area contributed by atoms with E-state index in [1.165, 1.54) is 21.8 Å². The second kappa shape index (κ2) is 10.1. The predicted octanol–water partition coefficient (Wildman–Crippen LogP) is 6.33. The van der Waals surface area contributed by atoms with Crippen LogP contribution in [0.4, 0.5) is 5.00 Å². The molecule has 2 aromatic carbocycles. The van der Waals surface area contributed by atoms with E-state index in [4.69, 9.17) is 4.74 Å². The Kier molecular flexibility index (Phi) is 7.05. The molecule has 1 heterocycles. The molecule has 1 amide bonds. The van der Waals surface area contributed by atoms with Crippen molar-refractivity contribution in [3.63, 3.8) is 0 Å². The van der Waals surface area contributed by atoms with Crippen molar-refractivity contribution in [2.24, 2.45) is 0 Å². The Hall–Kier alpha value is -2.92. The Morgan fingerprint density at radius 2 is 1.75 bits per heavy atom. The van der Waals surface area contributed by atoms with Gasteiger partial charge in [-0.1, -0.05) is 67.6 Å². The third-order valence-corrected chi connectivity index (χ3v) is 7.35. The van der Waals surface area contributed by atoms with Gasteiger partial charge in [0.15, 0.2) is 0 Å². The Bertz CT molecular complexity index is 1080. The molecule has 1 aromatic heterocycles. The average molecular weight is 448 g/mol. The van der Waals surface area contributed by atoms with Gasteiger partial charge < -0.3 is 10.1 Å². The highest BCUT2D eigenvalue weighted by atomic mass is 32.1. The molecule has 4 rings (SSSR count). The van der Waals surface area contributed by atoms with Crippen LogP contribution in [0.1, 0.15) is 70.5 Å². The van der Waals surface area contributed by atoms with Crippen molar-refractivity contribution in [1.82, 2.24) is 0 Å². The minimum Gasteiger partial charge on any atom is -0.462 e. The van der Waals surface area contributed by atoms with Crippen LogP contribution in [0.5, 0.6) is 0 Å². The summed E-state index contributed by atoms with van der Waals surface area (Å²) in [6, 6.07) is 20.3. The van der Waals surface area contributed by atoms with Gasteiger partial charge in [-0.05, 0) is 55.2 Å². The molecule has 5 heteroatoms. The lowest BCUT2D eigenvalue weighted by molar-refractivity contribution is -0.117. The number of hydrogen-bond donors (Lipinski definition) is 1. The number of hydrogen-bond acceptors (Lipinski definition) is 4. The summed E-state index contributed by atoms with van der Waals surface area (Å²) < 4.78 is 5.37. The van der Waals surface area contributed by atoms with Crippen molar-refractivity contribution >= 4 is 28.2 Å². The van der Waals surface area contributed by atoms with Crippen molar-refractivity contribution < 1.29 is 14.3 Å². The van der Waals surface area contributed by atoms with Crippen LogP contribution in [-0.4, -0.2) is 18.5 Å². The van der Waals surface area contributed by atoms with Crippen molar-refractivity contribution in [3.05, 3.63) is 87.8 Å². The van der Waals surface area contributed by atoms with Gasteiger partial charge in [0.1, 0.15) is 5.00 Å². The average Bonchev–Trinajstić information content (AvgIpc) is 3.18. The Labute approximate surface area is 193 Å². The maximum Gasteiger partial charge on any atom is 0.341 e. The minimum atomic E-state index is -0.341. The molecule has 1 aliphatic carbocycles. The van der Waals surface area contributed by atoms with Crippen LogP contribution in [0.25, 0.3) is 0 Å². The van der Waals surface area contributed by atoms with Gasteiger partial charge in [-0.25, -0.2) is 4.79 Å². The maximum atomic E-state index is 13.2. The van der Waals surface area contributed by atoms with E-state index in [0.717, 1.165) is 30.4 Å². The molecule has 1 aliphatic rings. The molecule has 0 radical (unpaired) electrons. The second-order valence-electron chi connectivity index (χ2n) is 8.14. The zero-order valence-corrected chi connectivity index (χ0v) is 19.4. The first-order valence-electron chi connectivity index (χ1n) is 11.3. The molecule has 166 valence electrons. The molecule has 1 N–H and O–H groups in total. The van der Waals surface area contributed by atoms with Crippen molar-refractivity contribution in [2.75, 3.05) is 11.9 Å². The summed E-state index contributed by atoms with van der Waals surface area (Å²) in [6.07, 6.45) is 3.36. The molecule has 3 aromatic rings. The number of carbonyl (C=O) groups is 2. The third kappa shape index (κ3) is 4.63. The molecular formula is C27H29NO3S. The number of anilines is 1. The van der Waals surface area contributed by atoms with Gasteiger partial charge in [0.2, 0.25) is 5.91 Å². The van der Waals surface area contributed by atoms with E-state index in [2.05, 4.69) is 29.6 Å². The maximum absolute atomic E-state index is 13.2. The van der Waals surface area contributed by atoms with Crippen LogP contribution in [0.2, 0.25) is 0 Å². The highest BCUT2D eigenvalue weighted by Crippen LogP contribution is 2.43. The van der Waals surface area contributed by atoms with E-state index in [1.54, 1.807) is 0 Å². The zero-order valence-electron chi connectivity index (χ0n) is 18.6. The minimum absolute atomic E-state index is 0.0811. The summed E-state index contributed by atoms with van der Waals surface area (Å²) in [6.45, 7) is 4.13. The summed E-state index contributed by atoms with van der Waals surface area (Å²) >= 11 is 1.53. The number of rotatable bonds is 7. The number of nitrogens with one attached hydrogen (secondary N) is 1. The number of thiophene rings is 1. The molecule has 0 saturated heterocycles. The first-order valence-corrected chi connectivity index (χ1v) is 12.2. The topological polar surface area (TPSA) is 55.4 Å². The van der Waals surface area contributed by atoms with Crippen molar-refractivity contribution in [1.29, 1.82) is 0 Å². The van der Waals surface area contributed by atoms with Crippen LogP contribution in [0.3, 0.4) is 0 Å². The van der Waals surface area contributed by atoms with Crippen LogP contribution >= 0.6 is 11.3 Å². The monoisotopic (exact) mass is 447 g/mol. The molecule has 4 nitrogen and oxygen atoms in total. The molecule has 0 aliphatic heterocycles. The normalized spacial score (nSPS) is 16.1. The lowest BCUT2D eigenvalue weighted by atomic mass is 9.83. The van der Waals surface area contributed by atoms with Crippen LogP contribution in [0.15, 0.2) is 60.7 Å². The fourth-order valence-electron chi connectivity index (χ4n) is 4.56. The molecular weight excluding hydrogens is 418 g/mol. The van der Waals surface area contributed by atoms with E-state index in [-0.39, 0.29) is 17.8 Å². The number of carbonyl (C=O) groups excluding carboxylic acids is 2. The fourth-order valence-corrected chi connectivity index (χ4v) is 5.88. The summed E-state index contributed by atoms with van der Waals surface area (Å²) in [4.78, 5) is 27.3. The van der Waals surface area contributed by atoms with Gasteiger partial charge in [-0.3, -0.25) is 4.79 Å². The van der Waals surface area contributed by atoms with Crippen molar-refractivity contribution in [3.8, 4) is 0 Å². The van der Waals surface area contributed by atoms with E-state index < -0.39 is 0 Å². The lowest BCUT2D eigenvalue weighted by Gasteiger charge is -2.23. The molecule has 2 atom stereocenters. The third-order valence-electron chi connectivity index (χ3n) is 6.18.